The zero-order chi connectivity index (χ0) is 13.8. The lowest BCUT2D eigenvalue weighted by Crippen LogP contribution is -1.93. The lowest BCUT2D eigenvalue weighted by atomic mass is 10.0. The van der Waals surface area contributed by atoms with Crippen LogP contribution < -0.4 is 0 Å². The first-order valence-corrected chi connectivity index (χ1v) is 5.78. The largest absolute Gasteiger partial charge is 0.504 e. The number of aliphatic hydroxyl groups excluding tert-OH is 1. The molecule has 0 amide bonds. The number of carbonyl (C=O) groups excluding carboxylic acids is 1. The molecule has 1 heterocycles. The minimum absolute atomic E-state index is 0.199. The van der Waals surface area contributed by atoms with Gasteiger partial charge in [-0.1, -0.05) is 12.1 Å². The van der Waals surface area contributed by atoms with Crippen molar-refractivity contribution >= 4 is 11.5 Å². The SMILES string of the molecule is CC(=O)C=C(O)c1occc1Cc1ccc(F)cc1. The molecule has 0 spiro atoms. The fraction of sp³-hybridized carbons (Fsp3) is 0.133. The monoisotopic (exact) mass is 260 g/mol. The lowest BCUT2D eigenvalue weighted by molar-refractivity contribution is -0.112. The van der Waals surface area contributed by atoms with E-state index in [1.807, 2.05) is 0 Å². The number of rotatable bonds is 4. The zero-order valence-electron chi connectivity index (χ0n) is 10.4. The molecule has 0 aliphatic carbocycles. The highest BCUT2D eigenvalue weighted by Crippen LogP contribution is 2.21. The number of hydrogen-bond acceptors (Lipinski definition) is 3. The summed E-state index contributed by atoms with van der Waals surface area (Å²) in [5.74, 6) is -0.494. The van der Waals surface area contributed by atoms with Gasteiger partial charge in [0.1, 0.15) is 5.82 Å². The van der Waals surface area contributed by atoms with E-state index >= 15 is 0 Å². The molecule has 0 fully saturated rings. The second kappa shape index (κ2) is 5.52. The van der Waals surface area contributed by atoms with Crippen LogP contribution in [-0.2, 0) is 11.2 Å². The fourth-order valence-corrected chi connectivity index (χ4v) is 1.78. The van der Waals surface area contributed by atoms with Gasteiger partial charge in [0.25, 0.3) is 0 Å². The van der Waals surface area contributed by atoms with Gasteiger partial charge in [-0.25, -0.2) is 4.39 Å². The summed E-state index contributed by atoms with van der Waals surface area (Å²) < 4.78 is 18.0. The molecule has 19 heavy (non-hydrogen) atoms. The average molecular weight is 260 g/mol. The smallest absolute Gasteiger partial charge is 0.171 e. The molecule has 1 aromatic carbocycles. The van der Waals surface area contributed by atoms with Crippen molar-refractivity contribution < 1.29 is 18.7 Å². The van der Waals surface area contributed by atoms with E-state index in [1.54, 1.807) is 18.2 Å². The topological polar surface area (TPSA) is 50.4 Å². The molecule has 0 saturated heterocycles. The van der Waals surface area contributed by atoms with Crippen LogP contribution in [0.15, 0.2) is 47.1 Å². The maximum Gasteiger partial charge on any atom is 0.171 e. The Labute approximate surface area is 110 Å². The van der Waals surface area contributed by atoms with Gasteiger partial charge in [-0.3, -0.25) is 4.79 Å². The molecule has 0 aliphatic rings. The van der Waals surface area contributed by atoms with Crippen LogP contribution in [-0.4, -0.2) is 10.9 Å². The van der Waals surface area contributed by atoms with Gasteiger partial charge in [-0.15, -0.1) is 0 Å². The van der Waals surface area contributed by atoms with E-state index in [1.165, 1.54) is 25.3 Å². The molecule has 1 N–H and O–H groups in total. The molecule has 1 aromatic heterocycles. The van der Waals surface area contributed by atoms with Crippen molar-refractivity contribution in [2.75, 3.05) is 0 Å². The number of ketones is 1. The summed E-state index contributed by atoms with van der Waals surface area (Å²) in [7, 11) is 0. The Balaban J connectivity index is 2.25. The van der Waals surface area contributed by atoms with Crippen LogP contribution in [0.25, 0.3) is 5.76 Å². The van der Waals surface area contributed by atoms with Gasteiger partial charge in [-0.05, 0) is 30.7 Å². The molecule has 0 bridgehead atoms. The van der Waals surface area contributed by atoms with Crippen molar-refractivity contribution in [1.82, 2.24) is 0 Å². The van der Waals surface area contributed by atoms with Gasteiger partial charge in [0, 0.05) is 18.1 Å². The standard InChI is InChI=1S/C15H13FO3/c1-10(17)8-14(18)15-12(6-7-19-15)9-11-2-4-13(16)5-3-11/h2-8,18H,9H2,1H3. The van der Waals surface area contributed by atoms with Gasteiger partial charge in [-0.2, -0.15) is 0 Å². The fourth-order valence-electron chi connectivity index (χ4n) is 1.78. The van der Waals surface area contributed by atoms with Gasteiger partial charge >= 0.3 is 0 Å². The van der Waals surface area contributed by atoms with Crippen LogP contribution in [0.4, 0.5) is 4.39 Å². The molecule has 3 nitrogen and oxygen atoms in total. The number of carbonyl (C=O) groups is 1. The first kappa shape index (κ1) is 13.1. The highest BCUT2D eigenvalue weighted by Gasteiger charge is 2.12. The molecule has 0 atom stereocenters. The normalized spacial score (nSPS) is 11.6. The first-order valence-electron chi connectivity index (χ1n) is 5.78. The van der Waals surface area contributed by atoms with Crippen LogP contribution in [0, 0.1) is 5.82 Å². The van der Waals surface area contributed by atoms with Crippen molar-refractivity contribution in [2.45, 2.75) is 13.3 Å². The summed E-state index contributed by atoms with van der Waals surface area (Å²) in [6.45, 7) is 1.35. The number of furan rings is 1. The summed E-state index contributed by atoms with van der Waals surface area (Å²) in [6, 6.07) is 7.79. The summed E-state index contributed by atoms with van der Waals surface area (Å²) in [5, 5.41) is 9.77. The van der Waals surface area contributed by atoms with Crippen LogP contribution in [0.3, 0.4) is 0 Å². The molecule has 0 saturated carbocycles. The third kappa shape index (κ3) is 3.31. The molecule has 0 aliphatic heterocycles. The minimum atomic E-state index is -0.296. The zero-order valence-corrected chi connectivity index (χ0v) is 10.4. The summed E-state index contributed by atoms with van der Waals surface area (Å²) in [6.07, 6.45) is 3.04. The molecular formula is C15H13FO3. The van der Waals surface area contributed by atoms with E-state index in [9.17, 15) is 14.3 Å². The maximum atomic E-state index is 12.8. The van der Waals surface area contributed by atoms with E-state index in [-0.39, 0.29) is 23.1 Å². The Morgan fingerprint density at radius 3 is 2.63 bits per heavy atom. The molecule has 2 rings (SSSR count). The predicted molar refractivity (Wildman–Crippen MR) is 69.2 cm³/mol. The van der Waals surface area contributed by atoms with Crippen molar-refractivity contribution in [3.63, 3.8) is 0 Å². The number of halogens is 1. The van der Waals surface area contributed by atoms with E-state index in [0.717, 1.165) is 17.2 Å². The molecular weight excluding hydrogens is 247 g/mol. The van der Waals surface area contributed by atoms with E-state index in [4.69, 9.17) is 4.42 Å². The predicted octanol–water partition coefficient (Wildman–Crippen LogP) is 3.50. The lowest BCUT2D eigenvalue weighted by Gasteiger charge is -2.02. The Kier molecular flexibility index (Phi) is 3.80. The molecule has 4 heteroatoms. The summed E-state index contributed by atoms with van der Waals surface area (Å²) in [4.78, 5) is 10.9. The first-order chi connectivity index (χ1) is 9.06. The molecule has 2 aromatic rings. The third-order valence-corrected chi connectivity index (χ3v) is 2.63. The van der Waals surface area contributed by atoms with Gasteiger partial charge in [0.2, 0.25) is 0 Å². The van der Waals surface area contributed by atoms with Crippen molar-refractivity contribution in [3.8, 4) is 0 Å². The van der Waals surface area contributed by atoms with Gasteiger partial charge < -0.3 is 9.52 Å². The molecule has 98 valence electrons. The van der Waals surface area contributed by atoms with E-state index in [0.29, 0.717) is 6.42 Å². The highest BCUT2D eigenvalue weighted by molar-refractivity contribution is 5.93. The van der Waals surface area contributed by atoms with Crippen LogP contribution in [0.5, 0.6) is 0 Å². The van der Waals surface area contributed by atoms with E-state index in [2.05, 4.69) is 0 Å². The van der Waals surface area contributed by atoms with Gasteiger partial charge in [0.05, 0.1) is 6.26 Å². The van der Waals surface area contributed by atoms with Crippen molar-refractivity contribution in [1.29, 1.82) is 0 Å². The number of benzene rings is 1. The van der Waals surface area contributed by atoms with Crippen molar-refractivity contribution in [2.24, 2.45) is 0 Å². The average Bonchev–Trinajstić information content (AvgIpc) is 2.79. The van der Waals surface area contributed by atoms with Crippen LogP contribution in [0.2, 0.25) is 0 Å². The van der Waals surface area contributed by atoms with Gasteiger partial charge in [0.15, 0.2) is 17.3 Å². The Hall–Kier alpha value is -2.36. The Morgan fingerprint density at radius 2 is 2.00 bits per heavy atom. The molecule has 0 radical (unpaired) electrons. The third-order valence-electron chi connectivity index (χ3n) is 2.63. The minimum Gasteiger partial charge on any atom is -0.504 e. The number of allylic oxidation sites excluding steroid dienone is 1. The number of hydrogen-bond donors (Lipinski definition) is 1. The second-order valence-corrected chi connectivity index (χ2v) is 4.22. The quantitative estimate of drug-likeness (QED) is 0.676. The second-order valence-electron chi connectivity index (χ2n) is 4.22. The Morgan fingerprint density at radius 1 is 1.32 bits per heavy atom. The van der Waals surface area contributed by atoms with Crippen molar-refractivity contribution in [3.05, 3.63) is 65.4 Å². The highest BCUT2D eigenvalue weighted by atomic mass is 19.1. The molecule has 0 unspecified atom stereocenters. The number of aliphatic hydroxyl groups is 1. The Bertz CT molecular complexity index is 609. The van der Waals surface area contributed by atoms with E-state index < -0.39 is 0 Å². The summed E-state index contributed by atoms with van der Waals surface area (Å²) >= 11 is 0. The van der Waals surface area contributed by atoms with Crippen LogP contribution >= 0.6 is 0 Å². The summed E-state index contributed by atoms with van der Waals surface area (Å²) in [5.41, 5.74) is 1.63. The maximum absolute atomic E-state index is 12.8. The van der Waals surface area contributed by atoms with Crippen LogP contribution in [0.1, 0.15) is 23.8 Å².